The van der Waals surface area contributed by atoms with Crippen LogP contribution in [0.15, 0.2) is 53.8 Å². The summed E-state index contributed by atoms with van der Waals surface area (Å²) in [6.45, 7) is 2.43. The Morgan fingerprint density at radius 2 is 2.05 bits per heavy atom. The van der Waals surface area contributed by atoms with E-state index in [1.54, 1.807) is 12.4 Å². The molecule has 0 spiro atoms. The van der Waals surface area contributed by atoms with Crippen LogP contribution >= 0.6 is 0 Å². The van der Waals surface area contributed by atoms with Crippen molar-refractivity contribution in [1.29, 1.82) is 0 Å². The summed E-state index contributed by atoms with van der Waals surface area (Å²) >= 11 is 0. The molecule has 1 aliphatic rings. The highest BCUT2D eigenvalue weighted by Gasteiger charge is 2.07. The van der Waals surface area contributed by atoms with Gasteiger partial charge < -0.3 is 10.1 Å². The van der Waals surface area contributed by atoms with E-state index in [1.165, 1.54) is 0 Å². The molecule has 2 heterocycles. The molecule has 4 nitrogen and oxygen atoms in total. The summed E-state index contributed by atoms with van der Waals surface area (Å²) in [6.07, 6.45) is 4.65. The average Bonchev–Trinajstić information content (AvgIpc) is 2.55. The van der Waals surface area contributed by atoms with E-state index in [2.05, 4.69) is 21.4 Å². The van der Waals surface area contributed by atoms with Crippen molar-refractivity contribution in [2.75, 3.05) is 13.1 Å². The fraction of sp³-hybridized carbons (Fsp3) is 0.250. The summed E-state index contributed by atoms with van der Waals surface area (Å²) in [5, 5.41) is 3.32. The van der Waals surface area contributed by atoms with Crippen LogP contribution in [0.1, 0.15) is 17.5 Å². The minimum absolute atomic E-state index is 0.547. The molecule has 1 aliphatic heterocycles. The zero-order chi connectivity index (χ0) is 13.6. The van der Waals surface area contributed by atoms with Gasteiger partial charge in [-0.1, -0.05) is 12.1 Å². The second-order valence-electron chi connectivity index (χ2n) is 4.68. The van der Waals surface area contributed by atoms with Gasteiger partial charge in [-0.3, -0.25) is 9.98 Å². The molecule has 4 heteroatoms. The van der Waals surface area contributed by atoms with Gasteiger partial charge in [0.2, 0.25) is 0 Å². The van der Waals surface area contributed by atoms with Crippen molar-refractivity contribution >= 4 is 5.84 Å². The second-order valence-corrected chi connectivity index (χ2v) is 4.68. The maximum Gasteiger partial charge on any atom is 0.128 e. The van der Waals surface area contributed by atoms with Crippen LogP contribution in [0.5, 0.6) is 5.75 Å². The van der Waals surface area contributed by atoms with Crippen LogP contribution in [0, 0.1) is 0 Å². The number of pyridine rings is 1. The highest BCUT2D eigenvalue weighted by Crippen LogP contribution is 2.16. The summed E-state index contributed by atoms with van der Waals surface area (Å²) in [5.41, 5.74) is 2.19. The smallest absolute Gasteiger partial charge is 0.128 e. The van der Waals surface area contributed by atoms with Crippen LogP contribution < -0.4 is 10.1 Å². The lowest BCUT2D eigenvalue weighted by molar-refractivity contribution is 0.306. The minimum Gasteiger partial charge on any atom is -0.489 e. The molecule has 102 valence electrons. The molecule has 1 N–H and O–H groups in total. The molecule has 0 unspecified atom stereocenters. The minimum atomic E-state index is 0.547. The van der Waals surface area contributed by atoms with Crippen LogP contribution in [0.3, 0.4) is 0 Å². The Labute approximate surface area is 118 Å². The van der Waals surface area contributed by atoms with E-state index in [0.717, 1.165) is 42.2 Å². The Kier molecular flexibility index (Phi) is 3.92. The summed E-state index contributed by atoms with van der Waals surface area (Å²) in [5.74, 6) is 1.82. The van der Waals surface area contributed by atoms with Crippen LogP contribution in [0.25, 0.3) is 0 Å². The normalized spacial score (nSPS) is 14.3. The number of nitrogens with zero attached hydrogens (tertiary/aromatic N) is 2. The van der Waals surface area contributed by atoms with Gasteiger partial charge in [-0.2, -0.15) is 0 Å². The Bertz CT molecular complexity index is 596. The van der Waals surface area contributed by atoms with Gasteiger partial charge in [-0.05, 0) is 36.2 Å². The third-order valence-electron chi connectivity index (χ3n) is 3.16. The van der Waals surface area contributed by atoms with Gasteiger partial charge in [-0.25, -0.2) is 0 Å². The molecule has 0 aliphatic carbocycles. The predicted molar refractivity (Wildman–Crippen MR) is 79.0 cm³/mol. The molecule has 1 aromatic heterocycles. The lowest BCUT2D eigenvalue weighted by atomic mass is 10.1. The fourth-order valence-corrected chi connectivity index (χ4v) is 2.10. The number of nitrogens with one attached hydrogen (secondary N) is 1. The molecule has 0 saturated carbocycles. The number of aliphatic imine (C=N–C) groups is 1. The average molecular weight is 267 g/mol. The predicted octanol–water partition coefficient (Wildman–Crippen LogP) is 2.40. The quantitative estimate of drug-likeness (QED) is 0.925. The van der Waals surface area contributed by atoms with E-state index in [4.69, 9.17) is 4.74 Å². The standard InChI is InChI=1S/C16H17N3O/c1-3-14(16-18-7-2-8-19-16)11-15(4-1)20-12-13-5-9-17-10-6-13/h1,3-6,9-11H,2,7-8,12H2,(H,18,19). The van der Waals surface area contributed by atoms with Crippen molar-refractivity contribution in [3.05, 3.63) is 59.9 Å². The Hall–Kier alpha value is -2.36. The van der Waals surface area contributed by atoms with E-state index in [0.29, 0.717) is 6.61 Å². The van der Waals surface area contributed by atoms with Gasteiger partial charge in [0.1, 0.15) is 18.2 Å². The lowest BCUT2D eigenvalue weighted by Crippen LogP contribution is -2.30. The molecule has 20 heavy (non-hydrogen) atoms. The summed E-state index contributed by atoms with van der Waals surface area (Å²) in [7, 11) is 0. The zero-order valence-electron chi connectivity index (χ0n) is 11.2. The first-order chi connectivity index (χ1) is 9.92. The van der Waals surface area contributed by atoms with Gasteiger partial charge >= 0.3 is 0 Å². The zero-order valence-corrected chi connectivity index (χ0v) is 11.2. The monoisotopic (exact) mass is 267 g/mol. The molecule has 3 rings (SSSR count). The number of hydrogen-bond acceptors (Lipinski definition) is 4. The van der Waals surface area contributed by atoms with Gasteiger partial charge in [-0.15, -0.1) is 0 Å². The van der Waals surface area contributed by atoms with Crippen molar-refractivity contribution in [3.63, 3.8) is 0 Å². The van der Waals surface area contributed by atoms with Crippen molar-refractivity contribution in [2.24, 2.45) is 4.99 Å². The van der Waals surface area contributed by atoms with E-state index in [-0.39, 0.29) is 0 Å². The molecule has 0 atom stereocenters. The largest absolute Gasteiger partial charge is 0.489 e. The number of ether oxygens (including phenoxy) is 1. The van der Waals surface area contributed by atoms with Gasteiger partial charge in [0.25, 0.3) is 0 Å². The fourth-order valence-electron chi connectivity index (χ4n) is 2.10. The third kappa shape index (κ3) is 3.15. The molecule has 0 saturated heterocycles. The summed E-state index contributed by atoms with van der Waals surface area (Å²) in [4.78, 5) is 8.50. The maximum atomic E-state index is 5.81. The lowest BCUT2D eigenvalue weighted by Gasteiger charge is -2.15. The molecule has 2 aromatic rings. The molecule has 0 fully saturated rings. The van der Waals surface area contributed by atoms with Crippen molar-refractivity contribution in [1.82, 2.24) is 10.3 Å². The highest BCUT2D eigenvalue weighted by molar-refractivity contribution is 5.99. The number of hydrogen-bond donors (Lipinski definition) is 1. The maximum absolute atomic E-state index is 5.81. The molecule has 0 amide bonds. The van der Waals surface area contributed by atoms with E-state index in [1.807, 2.05) is 30.3 Å². The van der Waals surface area contributed by atoms with Crippen LogP contribution in [-0.2, 0) is 6.61 Å². The van der Waals surface area contributed by atoms with Crippen molar-refractivity contribution in [2.45, 2.75) is 13.0 Å². The highest BCUT2D eigenvalue weighted by atomic mass is 16.5. The Morgan fingerprint density at radius 3 is 2.85 bits per heavy atom. The number of amidine groups is 1. The van der Waals surface area contributed by atoms with Crippen LogP contribution in [0.4, 0.5) is 0 Å². The third-order valence-corrected chi connectivity index (χ3v) is 3.16. The summed E-state index contributed by atoms with van der Waals surface area (Å²) in [6, 6.07) is 12.0. The Balaban J connectivity index is 1.70. The molecule has 1 aromatic carbocycles. The first-order valence-corrected chi connectivity index (χ1v) is 6.82. The van der Waals surface area contributed by atoms with E-state index < -0.39 is 0 Å². The van der Waals surface area contributed by atoms with Gasteiger partial charge in [0.15, 0.2) is 0 Å². The number of benzene rings is 1. The first kappa shape index (κ1) is 12.7. The van der Waals surface area contributed by atoms with Crippen LogP contribution in [0.2, 0.25) is 0 Å². The molecule has 0 bridgehead atoms. The van der Waals surface area contributed by atoms with Crippen molar-refractivity contribution < 1.29 is 4.74 Å². The van der Waals surface area contributed by atoms with Crippen molar-refractivity contribution in [3.8, 4) is 5.75 Å². The SMILES string of the molecule is c1cc(OCc2ccncc2)cc(C2=NCCCN2)c1. The van der Waals surface area contributed by atoms with Crippen LogP contribution in [-0.4, -0.2) is 23.9 Å². The number of aromatic nitrogens is 1. The van der Waals surface area contributed by atoms with E-state index in [9.17, 15) is 0 Å². The molecular weight excluding hydrogens is 250 g/mol. The second kappa shape index (κ2) is 6.19. The first-order valence-electron chi connectivity index (χ1n) is 6.82. The molecule has 0 radical (unpaired) electrons. The Morgan fingerprint density at radius 1 is 1.15 bits per heavy atom. The number of rotatable bonds is 4. The van der Waals surface area contributed by atoms with Gasteiger partial charge in [0.05, 0.1) is 0 Å². The van der Waals surface area contributed by atoms with E-state index >= 15 is 0 Å². The molecular formula is C16H17N3O. The topological polar surface area (TPSA) is 46.5 Å². The van der Waals surface area contributed by atoms with Gasteiger partial charge in [0, 0.05) is 31.0 Å². The summed E-state index contributed by atoms with van der Waals surface area (Å²) < 4.78 is 5.81.